The minimum absolute atomic E-state index is 0.164. The van der Waals surface area contributed by atoms with Gasteiger partial charge < -0.3 is 4.74 Å². The Morgan fingerprint density at radius 1 is 1.35 bits per heavy atom. The number of ether oxygens (including phenoxy) is 1. The number of benzene rings is 1. The van der Waals surface area contributed by atoms with Crippen LogP contribution >= 0.6 is 11.6 Å². The van der Waals surface area contributed by atoms with Crippen LogP contribution in [0, 0.1) is 5.92 Å². The van der Waals surface area contributed by atoms with Gasteiger partial charge in [-0.25, -0.2) is 12.7 Å². The Hall–Kier alpha value is -0.780. The van der Waals surface area contributed by atoms with Gasteiger partial charge in [-0.3, -0.25) is 0 Å². The zero-order valence-electron chi connectivity index (χ0n) is 11.6. The molecule has 4 nitrogen and oxygen atoms in total. The molecule has 1 aliphatic rings. The third-order valence-electron chi connectivity index (χ3n) is 3.54. The van der Waals surface area contributed by atoms with Crippen LogP contribution in [0.25, 0.3) is 0 Å². The molecule has 1 heterocycles. The van der Waals surface area contributed by atoms with Crippen molar-refractivity contribution in [2.45, 2.75) is 19.8 Å². The van der Waals surface area contributed by atoms with Crippen LogP contribution < -0.4 is 4.74 Å². The fourth-order valence-electron chi connectivity index (χ4n) is 2.34. The van der Waals surface area contributed by atoms with Gasteiger partial charge in [0.2, 0.25) is 10.0 Å². The van der Waals surface area contributed by atoms with Gasteiger partial charge >= 0.3 is 0 Å². The molecule has 0 saturated carbocycles. The lowest BCUT2D eigenvalue weighted by molar-refractivity contribution is 0.180. The van der Waals surface area contributed by atoms with E-state index < -0.39 is 10.0 Å². The van der Waals surface area contributed by atoms with E-state index in [1.807, 2.05) is 12.1 Å². The number of hydrogen-bond donors (Lipinski definition) is 0. The summed E-state index contributed by atoms with van der Waals surface area (Å²) in [5.74, 6) is 1.18. The van der Waals surface area contributed by atoms with E-state index in [0.717, 1.165) is 18.6 Å². The van der Waals surface area contributed by atoms with Crippen molar-refractivity contribution in [2.75, 3.05) is 25.4 Å². The number of rotatable bonds is 5. The molecular formula is C14H20ClNO3S. The monoisotopic (exact) mass is 317 g/mol. The molecule has 0 spiro atoms. The fraction of sp³-hybridized carbons (Fsp3) is 0.571. The molecule has 6 heteroatoms. The first kappa shape index (κ1) is 15.6. The molecule has 0 aromatic heterocycles. The van der Waals surface area contributed by atoms with E-state index in [9.17, 15) is 8.42 Å². The van der Waals surface area contributed by atoms with Crippen molar-refractivity contribution in [3.05, 3.63) is 29.3 Å². The first-order chi connectivity index (χ1) is 9.51. The summed E-state index contributed by atoms with van der Waals surface area (Å²) in [4.78, 5) is 0. The summed E-state index contributed by atoms with van der Waals surface area (Å²) >= 11 is 5.82. The van der Waals surface area contributed by atoms with Gasteiger partial charge in [0.05, 0.1) is 12.4 Å². The Morgan fingerprint density at radius 2 is 2.05 bits per heavy atom. The van der Waals surface area contributed by atoms with Gasteiger partial charge in [-0.05, 0) is 44.0 Å². The van der Waals surface area contributed by atoms with E-state index in [4.69, 9.17) is 16.3 Å². The average Bonchev–Trinajstić information content (AvgIpc) is 2.47. The van der Waals surface area contributed by atoms with E-state index in [-0.39, 0.29) is 11.7 Å². The topological polar surface area (TPSA) is 46.6 Å². The minimum atomic E-state index is -3.08. The van der Waals surface area contributed by atoms with Crippen molar-refractivity contribution < 1.29 is 13.2 Å². The highest BCUT2D eigenvalue weighted by Crippen LogP contribution is 2.22. The van der Waals surface area contributed by atoms with E-state index >= 15 is 0 Å². The predicted molar refractivity (Wildman–Crippen MR) is 80.7 cm³/mol. The lowest BCUT2D eigenvalue weighted by atomic mass is 10.0. The number of piperidine rings is 1. The second-order valence-corrected chi connectivity index (χ2v) is 7.73. The molecule has 1 atom stereocenters. The van der Waals surface area contributed by atoms with Gasteiger partial charge in [0.25, 0.3) is 0 Å². The van der Waals surface area contributed by atoms with Gasteiger partial charge in [0.1, 0.15) is 5.75 Å². The second-order valence-electron chi connectivity index (χ2n) is 5.03. The first-order valence-corrected chi connectivity index (χ1v) is 8.86. The van der Waals surface area contributed by atoms with Crippen molar-refractivity contribution in [2.24, 2.45) is 5.92 Å². The van der Waals surface area contributed by atoms with Crippen molar-refractivity contribution >= 4 is 21.6 Å². The average molecular weight is 318 g/mol. The van der Waals surface area contributed by atoms with Crippen LogP contribution in [0.5, 0.6) is 5.75 Å². The molecule has 0 bridgehead atoms. The largest absolute Gasteiger partial charge is 0.493 e. The molecule has 2 rings (SSSR count). The highest BCUT2D eigenvalue weighted by atomic mass is 35.5. The SMILES string of the molecule is CCS(=O)(=O)N1CCCC(COc2ccc(Cl)cc2)C1. The number of hydrogen-bond acceptors (Lipinski definition) is 3. The zero-order chi connectivity index (χ0) is 14.6. The zero-order valence-corrected chi connectivity index (χ0v) is 13.2. The molecule has 1 aliphatic heterocycles. The number of halogens is 1. The molecule has 1 aromatic carbocycles. The van der Waals surface area contributed by atoms with Gasteiger partial charge in [-0.15, -0.1) is 0 Å². The minimum Gasteiger partial charge on any atom is -0.493 e. The normalized spacial score (nSPS) is 20.8. The smallest absolute Gasteiger partial charge is 0.213 e. The fourth-order valence-corrected chi connectivity index (χ4v) is 3.68. The number of nitrogens with zero attached hydrogens (tertiary/aromatic N) is 1. The van der Waals surface area contributed by atoms with Crippen LogP contribution in [0.2, 0.25) is 5.02 Å². The van der Waals surface area contributed by atoms with E-state index in [2.05, 4.69) is 0 Å². The maximum atomic E-state index is 11.9. The van der Waals surface area contributed by atoms with Crippen molar-refractivity contribution in [1.29, 1.82) is 0 Å². The highest BCUT2D eigenvalue weighted by molar-refractivity contribution is 7.89. The summed E-state index contributed by atoms with van der Waals surface area (Å²) in [5, 5.41) is 0.676. The maximum absolute atomic E-state index is 11.9. The standard InChI is InChI=1S/C14H20ClNO3S/c1-2-20(17,18)16-9-3-4-12(10-16)11-19-14-7-5-13(15)6-8-14/h5-8,12H,2-4,9-11H2,1H3. The molecule has 0 radical (unpaired) electrons. The van der Waals surface area contributed by atoms with Crippen molar-refractivity contribution in [1.82, 2.24) is 4.31 Å². The Bertz CT molecular complexity index is 530. The quantitative estimate of drug-likeness (QED) is 0.839. The maximum Gasteiger partial charge on any atom is 0.213 e. The van der Waals surface area contributed by atoms with Crippen LogP contribution in [0.1, 0.15) is 19.8 Å². The summed E-state index contributed by atoms with van der Waals surface area (Å²) in [6.07, 6.45) is 1.90. The van der Waals surface area contributed by atoms with E-state index in [0.29, 0.717) is 24.7 Å². The predicted octanol–water partition coefficient (Wildman–Crippen LogP) is 2.78. The van der Waals surface area contributed by atoms with Gasteiger partial charge in [0, 0.05) is 24.0 Å². The Kier molecular flexibility index (Phi) is 5.29. The summed E-state index contributed by atoms with van der Waals surface area (Å²) in [7, 11) is -3.08. The Morgan fingerprint density at radius 3 is 2.70 bits per heavy atom. The summed E-state index contributed by atoms with van der Waals surface area (Å²) in [6, 6.07) is 7.22. The van der Waals surface area contributed by atoms with Gasteiger partial charge in [-0.1, -0.05) is 11.6 Å². The molecule has 112 valence electrons. The van der Waals surface area contributed by atoms with Crippen LogP contribution in [0.15, 0.2) is 24.3 Å². The molecule has 1 saturated heterocycles. The molecule has 20 heavy (non-hydrogen) atoms. The lowest BCUT2D eigenvalue weighted by Gasteiger charge is -2.31. The third-order valence-corrected chi connectivity index (χ3v) is 5.64. The molecule has 0 N–H and O–H groups in total. The first-order valence-electron chi connectivity index (χ1n) is 6.87. The van der Waals surface area contributed by atoms with Crippen LogP contribution in [-0.2, 0) is 10.0 Å². The molecule has 0 amide bonds. The van der Waals surface area contributed by atoms with E-state index in [1.165, 1.54) is 0 Å². The molecule has 0 aliphatic carbocycles. The molecule has 1 unspecified atom stereocenters. The summed E-state index contributed by atoms with van der Waals surface area (Å²) in [5.41, 5.74) is 0. The Balaban J connectivity index is 1.88. The second kappa shape index (κ2) is 6.78. The van der Waals surface area contributed by atoms with Crippen LogP contribution in [-0.4, -0.2) is 38.2 Å². The van der Waals surface area contributed by atoms with Gasteiger partial charge in [0.15, 0.2) is 0 Å². The van der Waals surface area contributed by atoms with E-state index in [1.54, 1.807) is 23.4 Å². The van der Waals surface area contributed by atoms with Crippen molar-refractivity contribution in [3.63, 3.8) is 0 Å². The Labute approximate surface area is 125 Å². The summed E-state index contributed by atoms with van der Waals surface area (Å²) < 4.78 is 31.1. The summed E-state index contributed by atoms with van der Waals surface area (Å²) in [6.45, 7) is 3.41. The van der Waals surface area contributed by atoms with Crippen molar-refractivity contribution in [3.8, 4) is 5.75 Å². The third kappa shape index (κ3) is 4.11. The van der Waals surface area contributed by atoms with Crippen LogP contribution in [0.4, 0.5) is 0 Å². The number of sulfonamides is 1. The lowest BCUT2D eigenvalue weighted by Crippen LogP contribution is -2.42. The molecule has 1 fully saturated rings. The highest BCUT2D eigenvalue weighted by Gasteiger charge is 2.27. The molecular weight excluding hydrogens is 298 g/mol. The molecule has 1 aromatic rings. The van der Waals surface area contributed by atoms with Crippen LogP contribution in [0.3, 0.4) is 0 Å². The van der Waals surface area contributed by atoms with Gasteiger partial charge in [-0.2, -0.15) is 0 Å².